The second kappa shape index (κ2) is 5.59. The molecule has 1 aliphatic rings. The molecule has 0 aliphatic heterocycles. The molecule has 0 amide bonds. The summed E-state index contributed by atoms with van der Waals surface area (Å²) >= 11 is 0. The van der Waals surface area contributed by atoms with Crippen LogP contribution >= 0.6 is 0 Å². The van der Waals surface area contributed by atoms with Gasteiger partial charge in [-0.15, -0.1) is 0 Å². The molecule has 116 valence electrons. The minimum Gasteiger partial charge on any atom is -0.449 e. The van der Waals surface area contributed by atoms with Crippen molar-refractivity contribution in [3.05, 3.63) is 35.5 Å². The number of hydrogen-bond donors (Lipinski definition) is 0. The summed E-state index contributed by atoms with van der Waals surface area (Å²) in [6, 6.07) is 7.86. The van der Waals surface area contributed by atoms with Crippen molar-refractivity contribution in [1.29, 1.82) is 0 Å². The SMILES string of the molecule is CCOC(=O)n1c2c(c3ccccc31)C[C@H](C(C)=O)[C@H](C)C2. The molecule has 2 aromatic rings. The first-order valence-electron chi connectivity index (χ1n) is 7.83. The molecular formula is C18H21NO3. The summed E-state index contributed by atoms with van der Waals surface area (Å²) in [4.78, 5) is 24.3. The molecule has 22 heavy (non-hydrogen) atoms. The Bertz CT molecular complexity index is 744. The van der Waals surface area contributed by atoms with Gasteiger partial charge in [0.15, 0.2) is 0 Å². The molecule has 0 bridgehead atoms. The molecule has 0 saturated heterocycles. The number of aromatic nitrogens is 1. The highest BCUT2D eigenvalue weighted by molar-refractivity contribution is 5.94. The van der Waals surface area contributed by atoms with Gasteiger partial charge in [0, 0.05) is 17.0 Å². The Kier molecular flexibility index (Phi) is 3.77. The Morgan fingerprint density at radius 2 is 2.00 bits per heavy atom. The molecular weight excluding hydrogens is 278 g/mol. The van der Waals surface area contributed by atoms with E-state index in [9.17, 15) is 9.59 Å². The third-order valence-corrected chi connectivity index (χ3v) is 4.69. The zero-order valence-corrected chi connectivity index (χ0v) is 13.3. The molecule has 2 atom stereocenters. The maximum absolute atomic E-state index is 12.4. The van der Waals surface area contributed by atoms with Crippen LogP contribution in [-0.4, -0.2) is 23.1 Å². The van der Waals surface area contributed by atoms with E-state index in [0.29, 0.717) is 13.0 Å². The molecule has 1 aromatic heterocycles. The summed E-state index contributed by atoms with van der Waals surface area (Å²) < 4.78 is 6.92. The molecule has 1 heterocycles. The maximum Gasteiger partial charge on any atom is 0.418 e. The highest BCUT2D eigenvalue weighted by Crippen LogP contribution is 2.37. The van der Waals surface area contributed by atoms with E-state index < -0.39 is 0 Å². The Morgan fingerprint density at radius 1 is 1.27 bits per heavy atom. The van der Waals surface area contributed by atoms with Crippen molar-refractivity contribution < 1.29 is 14.3 Å². The normalized spacial score (nSPS) is 20.7. The van der Waals surface area contributed by atoms with Gasteiger partial charge in [0.2, 0.25) is 0 Å². The molecule has 3 rings (SSSR count). The largest absolute Gasteiger partial charge is 0.449 e. The van der Waals surface area contributed by atoms with Crippen molar-refractivity contribution >= 4 is 22.8 Å². The predicted molar refractivity (Wildman–Crippen MR) is 85.1 cm³/mol. The standard InChI is InChI=1S/C18H21NO3/c1-4-22-18(21)19-16-8-6-5-7-13(16)15-10-14(12(3)20)11(2)9-17(15)19/h5-8,11,14H,4,9-10H2,1-3H3/t11-,14+/m1/s1. The third kappa shape index (κ3) is 2.23. The van der Waals surface area contributed by atoms with Crippen molar-refractivity contribution in [2.24, 2.45) is 11.8 Å². The molecule has 0 N–H and O–H groups in total. The van der Waals surface area contributed by atoms with Crippen molar-refractivity contribution in [3.8, 4) is 0 Å². The van der Waals surface area contributed by atoms with Crippen molar-refractivity contribution in [2.45, 2.75) is 33.6 Å². The van der Waals surface area contributed by atoms with Gasteiger partial charge >= 0.3 is 6.09 Å². The van der Waals surface area contributed by atoms with Gasteiger partial charge in [0.05, 0.1) is 12.1 Å². The first kappa shape index (κ1) is 14.8. The molecule has 1 aromatic carbocycles. The second-order valence-electron chi connectivity index (χ2n) is 6.08. The number of carbonyl (C=O) groups excluding carboxylic acids is 2. The van der Waals surface area contributed by atoms with E-state index in [4.69, 9.17) is 4.74 Å². The van der Waals surface area contributed by atoms with E-state index in [0.717, 1.165) is 28.6 Å². The van der Waals surface area contributed by atoms with Gasteiger partial charge in [0.1, 0.15) is 5.78 Å². The van der Waals surface area contributed by atoms with E-state index in [-0.39, 0.29) is 23.7 Å². The smallest absolute Gasteiger partial charge is 0.418 e. The van der Waals surface area contributed by atoms with Crippen LogP contribution < -0.4 is 0 Å². The van der Waals surface area contributed by atoms with Crippen LogP contribution in [0.2, 0.25) is 0 Å². The van der Waals surface area contributed by atoms with Crippen molar-refractivity contribution in [1.82, 2.24) is 4.57 Å². The van der Waals surface area contributed by atoms with Crippen LogP contribution in [0.5, 0.6) is 0 Å². The lowest BCUT2D eigenvalue weighted by atomic mass is 9.77. The summed E-state index contributed by atoms with van der Waals surface area (Å²) in [5.74, 6) is 0.502. The fourth-order valence-corrected chi connectivity index (χ4v) is 3.61. The number of nitrogens with zero attached hydrogens (tertiary/aromatic N) is 1. The number of carbonyl (C=O) groups is 2. The van der Waals surface area contributed by atoms with Crippen molar-refractivity contribution in [3.63, 3.8) is 0 Å². The van der Waals surface area contributed by atoms with Gasteiger partial charge in [-0.1, -0.05) is 25.1 Å². The zero-order valence-electron chi connectivity index (χ0n) is 13.3. The van der Waals surface area contributed by atoms with E-state index in [1.807, 2.05) is 31.2 Å². The number of rotatable bonds is 2. The number of para-hydroxylation sites is 1. The van der Waals surface area contributed by atoms with Gasteiger partial charge in [-0.3, -0.25) is 4.79 Å². The molecule has 1 aliphatic carbocycles. The van der Waals surface area contributed by atoms with Gasteiger partial charge in [-0.2, -0.15) is 0 Å². The molecule has 4 nitrogen and oxygen atoms in total. The van der Waals surface area contributed by atoms with E-state index in [1.165, 1.54) is 0 Å². The number of benzene rings is 1. The van der Waals surface area contributed by atoms with E-state index >= 15 is 0 Å². The number of hydrogen-bond acceptors (Lipinski definition) is 3. The third-order valence-electron chi connectivity index (χ3n) is 4.69. The second-order valence-corrected chi connectivity index (χ2v) is 6.08. The Hall–Kier alpha value is -2.10. The van der Waals surface area contributed by atoms with Gasteiger partial charge < -0.3 is 4.74 Å². The average molecular weight is 299 g/mol. The van der Waals surface area contributed by atoms with E-state index in [2.05, 4.69) is 6.92 Å². The van der Waals surface area contributed by atoms with Crippen LogP contribution in [-0.2, 0) is 22.4 Å². The lowest BCUT2D eigenvalue weighted by Crippen LogP contribution is -2.30. The number of ether oxygens (including phenoxy) is 1. The average Bonchev–Trinajstić information content (AvgIpc) is 2.79. The molecule has 0 spiro atoms. The minimum atomic E-state index is -0.326. The summed E-state index contributed by atoms with van der Waals surface area (Å²) in [5, 5.41) is 1.06. The monoisotopic (exact) mass is 299 g/mol. The summed E-state index contributed by atoms with van der Waals surface area (Å²) in [5.41, 5.74) is 3.01. The van der Waals surface area contributed by atoms with Crippen LogP contribution in [0.4, 0.5) is 4.79 Å². The highest BCUT2D eigenvalue weighted by Gasteiger charge is 2.34. The first-order chi connectivity index (χ1) is 10.5. The van der Waals surface area contributed by atoms with Crippen LogP contribution in [0, 0.1) is 11.8 Å². The topological polar surface area (TPSA) is 48.3 Å². The lowest BCUT2D eigenvalue weighted by molar-refractivity contribution is -0.122. The molecule has 0 unspecified atom stereocenters. The zero-order chi connectivity index (χ0) is 15.9. The fraction of sp³-hybridized carbons (Fsp3) is 0.444. The first-order valence-corrected chi connectivity index (χ1v) is 7.83. The minimum absolute atomic E-state index is 0.0361. The van der Waals surface area contributed by atoms with Crippen LogP contribution in [0.15, 0.2) is 24.3 Å². The lowest BCUT2D eigenvalue weighted by Gasteiger charge is -2.28. The predicted octanol–water partition coefficient (Wildman–Crippen LogP) is 3.59. The Labute approximate surface area is 130 Å². The van der Waals surface area contributed by atoms with Crippen molar-refractivity contribution in [2.75, 3.05) is 6.61 Å². The Morgan fingerprint density at radius 3 is 2.68 bits per heavy atom. The quantitative estimate of drug-likeness (QED) is 0.851. The fourth-order valence-electron chi connectivity index (χ4n) is 3.61. The van der Waals surface area contributed by atoms with Crippen LogP contribution in [0.25, 0.3) is 10.9 Å². The summed E-state index contributed by atoms with van der Waals surface area (Å²) in [6.45, 7) is 5.91. The van der Waals surface area contributed by atoms with Gasteiger partial charge in [0.25, 0.3) is 0 Å². The number of ketones is 1. The molecule has 0 fully saturated rings. The molecule has 4 heteroatoms. The van der Waals surface area contributed by atoms with Crippen LogP contribution in [0.1, 0.15) is 32.0 Å². The summed E-state index contributed by atoms with van der Waals surface area (Å²) in [6.07, 6.45) is 1.11. The van der Waals surface area contributed by atoms with Crippen LogP contribution in [0.3, 0.4) is 0 Å². The number of fused-ring (bicyclic) bond motifs is 3. The van der Waals surface area contributed by atoms with E-state index in [1.54, 1.807) is 11.5 Å². The molecule has 0 saturated carbocycles. The maximum atomic E-state index is 12.4. The molecule has 0 radical (unpaired) electrons. The van der Waals surface area contributed by atoms with Gasteiger partial charge in [-0.25, -0.2) is 9.36 Å². The highest BCUT2D eigenvalue weighted by atomic mass is 16.5. The Balaban J connectivity index is 2.20. The summed E-state index contributed by atoms with van der Waals surface area (Å²) in [7, 11) is 0. The number of Topliss-reactive ketones (excluding diaryl/α,β-unsaturated/α-hetero) is 1. The van der Waals surface area contributed by atoms with Gasteiger partial charge in [-0.05, 0) is 44.2 Å².